The highest BCUT2D eigenvalue weighted by Gasteiger charge is 2.18. The molecule has 1 aromatic carbocycles. The minimum absolute atomic E-state index is 0.0267. The van der Waals surface area contributed by atoms with E-state index in [0.29, 0.717) is 5.92 Å². The smallest absolute Gasteiger partial charge is 0.169 e. The molecule has 1 aliphatic rings. The summed E-state index contributed by atoms with van der Waals surface area (Å²) in [6.45, 7) is 17.6. The van der Waals surface area contributed by atoms with Gasteiger partial charge in [-0.1, -0.05) is 38.1 Å². The van der Waals surface area contributed by atoms with E-state index in [2.05, 4.69) is 74.0 Å². The van der Waals surface area contributed by atoms with Crippen LogP contribution in [0.2, 0.25) is 0 Å². The molecule has 1 heterocycles. The van der Waals surface area contributed by atoms with Gasteiger partial charge in [0.1, 0.15) is 0 Å². The topological polar surface area (TPSA) is 27.7 Å². The molecule has 0 atom stereocenters. The molecule has 0 radical (unpaired) electrons. The predicted octanol–water partition coefficient (Wildman–Crippen LogP) is 4.01. The van der Waals surface area contributed by atoms with Gasteiger partial charge >= 0.3 is 0 Å². The molecule has 1 aliphatic heterocycles. The Balaban J connectivity index is 1.96. The number of hydrogen-bond donors (Lipinski definition) is 1. The number of nitrogens with zero attached hydrogens (tertiary/aromatic N) is 2. The average Bonchev–Trinajstić information content (AvgIpc) is 2.60. The highest BCUT2D eigenvalue weighted by atomic mass is 32.1. The lowest BCUT2D eigenvalue weighted by molar-refractivity contribution is 0.0367. The minimum atomic E-state index is -0.0267. The Labute approximate surface area is 171 Å². The molecule has 152 valence electrons. The minimum Gasteiger partial charge on any atom is -0.379 e. The fourth-order valence-corrected chi connectivity index (χ4v) is 3.65. The van der Waals surface area contributed by atoms with Crippen molar-refractivity contribution in [2.45, 2.75) is 59.0 Å². The van der Waals surface area contributed by atoms with Gasteiger partial charge in [0, 0.05) is 38.3 Å². The maximum absolute atomic E-state index is 5.74. The van der Waals surface area contributed by atoms with Crippen LogP contribution < -0.4 is 5.32 Å². The van der Waals surface area contributed by atoms with Crippen molar-refractivity contribution >= 4 is 17.3 Å². The Hall–Kier alpha value is -1.17. The average molecular weight is 392 g/mol. The van der Waals surface area contributed by atoms with Crippen LogP contribution in [0.1, 0.15) is 58.1 Å². The van der Waals surface area contributed by atoms with Gasteiger partial charge in [0.15, 0.2) is 5.11 Å². The first kappa shape index (κ1) is 22.1. The molecule has 1 aromatic rings. The SMILES string of the molecule is CC(C)c1ccc(CN(CCCN2CCOCC2)C(=S)NC(C)(C)C)cc1. The van der Waals surface area contributed by atoms with Gasteiger partial charge in [0.25, 0.3) is 0 Å². The first-order valence-electron chi connectivity index (χ1n) is 10.2. The molecule has 0 unspecified atom stereocenters. The Bertz CT molecular complexity index is 574. The van der Waals surface area contributed by atoms with E-state index in [-0.39, 0.29) is 5.54 Å². The van der Waals surface area contributed by atoms with Crippen molar-refractivity contribution in [3.63, 3.8) is 0 Å². The summed E-state index contributed by atoms with van der Waals surface area (Å²) in [5.74, 6) is 0.562. The van der Waals surface area contributed by atoms with Gasteiger partial charge in [-0.2, -0.15) is 0 Å². The van der Waals surface area contributed by atoms with Crippen molar-refractivity contribution < 1.29 is 4.74 Å². The Morgan fingerprint density at radius 3 is 2.37 bits per heavy atom. The van der Waals surface area contributed by atoms with Crippen molar-refractivity contribution in [2.75, 3.05) is 39.4 Å². The summed E-state index contributed by atoms with van der Waals surface area (Å²) >= 11 is 5.74. The molecule has 0 aliphatic carbocycles. The van der Waals surface area contributed by atoms with Crippen LogP contribution in [-0.2, 0) is 11.3 Å². The molecular formula is C22H37N3OS. The van der Waals surface area contributed by atoms with E-state index in [1.165, 1.54) is 11.1 Å². The van der Waals surface area contributed by atoms with Crippen LogP contribution in [0.5, 0.6) is 0 Å². The summed E-state index contributed by atoms with van der Waals surface area (Å²) in [7, 11) is 0. The second-order valence-corrected chi connectivity index (χ2v) is 9.19. The van der Waals surface area contributed by atoms with Crippen LogP contribution >= 0.6 is 12.2 Å². The Morgan fingerprint density at radius 2 is 1.81 bits per heavy atom. The molecule has 5 heteroatoms. The van der Waals surface area contributed by atoms with Crippen molar-refractivity contribution in [1.29, 1.82) is 0 Å². The number of ether oxygens (including phenoxy) is 1. The summed E-state index contributed by atoms with van der Waals surface area (Å²) in [4.78, 5) is 4.80. The summed E-state index contributed by atoms with van der Waals surface area (Å²) < 4.78 is 5.44. The third-order valence-corrected chi connectivity index (χ3v) is 5.16. The highest BCUT2D eigenvalue weighted by Crippen LogP contribution is 2.16. The molecule has 4 nitrogen and oxygen atoms in total. The summed E-state index contributed by atoms with van der Waals surface area (Å²) in [6.07, 6.45) is 1.11. The van der Waals surface area contributed by atoms with Gasteiger partial charge in [-0.05, 0) is 56.5 Å². The lowest BCUT2D eigenvalue weighted by Crippen LogP contribution is -2.48. The molecule has 27 heavy (non-hydrogen) atoms. The highest BCUT2D eigenvalue weighted by molar-refractivity contribution is 7.80. The molecule has 0 spiro atoms. The molecule has 0 aromatic heterocycles. The van der Waals surface area contributed by atoms with Crippen LogP contribution in [0.4, 0.5) is 0 Å². The van der Waals surface area contributed by atoms with Crippen LogP contribution in [0, 0.1) is 0 Å². The largest absolute Gasteiger partial charge is 0.379 e. The van der Waals surface area contributed by atoms with E-state index in [1.54, 1.807) is 0 Å². The van der Waals surface area contributed by atoms with Crippen LogP contribution in [0.25, 0.3) is 0 Å². The second-order valence-electron chi connectivity index (χ2n) is 8.81. The quantitative estimate of drug-likeness (QED) is 0.709. The molecule has 1 N–H and O–H groups in total. The first-order chi connectivity index (χ1) is 12.7. The maximum atomic E-state index is 5.74. The number of benzene rings is 1. The zero-order valence-electron chi connectivity index (χ0n) is 17.8. The number of nitrogens with one attached hydrogen (secondary N) is 1. The van der Waals surface area contributed by atoms with E-state index in [0.717, 1.165) is 57.5 Å². The van der Waals surface area contributed by atoms with Crippen molar-refractivity contribution in [3.8, 4) is 0 Å². The normalized spacial score (nSPS) is 15.8. The maximum Gasteiger partial charge on any atom is 0.169 e. The number of rotatable bonds is 7. The zero-order valence-corrected chi connectivity index (χ0v) is 18.6. The second kappa shape index (κ2) is 10.4. The molecule has 1 fully saturated rings. The van der Waals surface area contributed by atoms with Gasteiger partial charge < -0.3 is 15.0 Å². The molecular weight excluding hydrogens is 354 g/mol. The van der Waals surface area contributed by atoms with E-state index < -0.39 is 0 Å². The van der Waals surface area contributed by atoms with Crippen LogP contribution in [-0.4, -0.2) is 59.8 Å². The van der Waals surface area contributed by atoms with Gasteiger partial charge in [0.2, 0.25) is 0 Å². The summed E-state index contributed by atoms with van der Waals surface area (Å²) in [5.41, 5.74) is 2.66. The lowest BCUT2D eigenvalue weighted by Gasteiger charge is -2.32. The van der Waals surface area contributed by atoms with Crippen molar-refractivity contribution in [1.82, 2.24) is 15.1 Å². The number of thiocarbonyl (C=S) groups is 1. The van der Waals surface area contributed by atoms with E-state index >= 15 is 0 Å². The number of morpholine rings is 1. The third kappa shape index (κ3) is 8.16. The summed E-state index contributed by atoms with van der Waals surface area (Å²) in [6, 6.07) is 8.96. The fraction of sp³-hybridized carbons (Fsp3) is 0.682. The van der Waals surface area contributed by atoms with Crippen LogP contribution in [0.15, 0.2) is 24.3 Å². The standard InChI is InChI=1S/C22H37N3OS/c1-18(2)20-9-7-19(8-10-20)17-25(21(27)23-22(3,4)5)12-6-11-24-13-15-26-16-14-24/h7-10,18H,6,11-17H2,1-5H3,(H,23,27). The van der Waals surface area contributed by atoms with Gasteiger partial charge in [-0.25, -0.2) is 0 Å². The zero-order chi connectivity index (χ0) is 19.9. The van der Waals surface area contributed by atoms with Gasteiger partial charge in [-0.15, -0.1) is 0 Å². The monoisotopic (exact) mass is 391 g/mol. The lowest BCUT2D eigenvalue weighted by atomic mass is 10.0. The molecule has 0 bridgehead atoms. The van der Waals surface area contributed by atoms with Crippen molar-refractivity contribution in [3.05, 3.63) is 35.4 Å². The van der Waals surface area contributed by atoms with E-state index in [4.69, 9.17) is 17.0 Å². The molecule has 0 amide bonds. The first-order valence-corrected chi connectivity index (χ1v) is 10.6. The Morgan fingerprint density at radius 1 is 1.19 bits per heavy atom. The van der Waals surface area contributed by atoms with Gasteiger partial charge in [0.05, 0.1) is 13.2 Å². The van der Waals surface area contributed by atoms with E-state index in [9.17, 15) is 0 Å². The number of hydrogen-bond acceptors (Lipinski definition) is 3. The Kier molecular flexibility index (Phi) is 8.52. The molecule has 1 saturated heterocycles. The fourth-order valence-electron chi connectivity index (χ4n) is 3.19. The van der Waals surface area contributed by atoms with Crippen LogP contribution in [0.3, 0.4) is 0 Å². The van der Waals surface area contributed by atoms with Gasteiger partial charge in [-0.3, -0.25) is 4.90 Å². The van der Waals surface area contributed by atoms with Crippen molar-refractivity contribution in [2.24, 2.45) is 0 Å². The summed E-state index contributed by atoms with van der Waals surface area (Å²) in [5, 5.41) is 4.33. The molecule has 0 saturated carbocycles. The molecule has 2 rings (SSSR count). The predicted molar refractivity (Wildman–Crippen MR) is 118 cm³/mol. The van der Waals surface area contributed by atoms with E-state index in [1.807, 2.05) is 0 Å². The third-order valence-electron chi connectivity index (χ3n) is 4.80.